The third-order valence-corrected chi connectivity index (χ3v) is 5.40. The van der Waals surface area contributed by atoms with Crippen LogP contribution in [0.1, 0.15) is 38.7 Å². The summed E-state index contributed by atoms with van der Waals surface area (Å²) < 4.78 is 0. The molecule has 1 aliphatic carbocycles. The van der Waals surface area contributed by atoms with Crippen molar-refractivity contribution in [3.05, 3.63) is 78.0 Å². The molecule has 128 valence electrons. The van der Waals surface area contributed by atoms with Gasteiger partial charge in [0.25, 0.3) is 0 Å². The number of rotatable bonds is 4. The Labute approximate surface area is 151 Å². The van der Waals surface area contributed by atoms with Crippen LogP contribution in [-0.2, 0) is 0 Å². The summed E-state index contributed by atoms with van der Waals surface area (Å²) in [5.41, 5.74) is 6.96. The Morgan fingerprint density at radius 2 is 1.56 bits per heavy atom. The fourth-order valence-corrected chi connectivity index (χ4v) is 4.22. The predicted molar refractivity (Wildman–Crippen MR) is 108 cm³/mol. The lowest BCUT2D eigenvalue weighted by Crippen LogP contribution is -2.42. The number of allylic oxidation sites excluding steroid dienone is 4. The standard InChI is InChI=1S/C23H26N2/c1-3-23-24(4-2)21-12-8-9-13-22(21)25(23)20-16-14-19(15-17-20)18-10-6-5-7-11-18/h5-14,16,23H,3-4,15,17H2,1-2H3. The van der Waals surface area contributed by atoms with E-state index in [0.717, 1.165) is 25.8 Å². The van der Waals surface area contributed by atoms with Gasteiger partial charge < -0.3 is 9.80 Å². The number of benzene rings is 2. The molecule has 4 rings (SSSR count). The van der Waals surface area contributed by atoms with Gasteiger partial charge in [-0.25, -0.2) is 0 Å². The molecule has 0 saturated heterocycles. The van der Waals surface area contributed by atoms with Crippen LogP contribution >= 0.6 is 0 Å². The molecule has 2 aromatic carbocycles. The van der Waals surface area contributed by atoms with Gasteiger partial charge >= 0.3 is 0 Å². The van der Waals surface area contributed by atoms with Crippen molar-refractivity contribution >= 4 is 16.9 Å². The highest BCUT2D eigenvalue weighted by atomic mass is 15.4. The first-order valence-corrected chi connectivity index (χ1v) is 9.43. The molecule has 0 amide bonds. The second-order valence-corrected chi connectivity index (χ2v) is 6.75. The summed E-state index contributed by atoms with van der Waals surface area (Å²) in [6.45, 7) is 5.59. The zero-order valence-electron chi connectivity index (χ0n) is 15.2. The number of nitrogens with zero attached hydrogens (tertiary/aromatic N) is 2. The molecule has 2 aromatic rings. The number of para-hydroxylation sites is 2. The Balaban J connectivity index is 1.70. The van der Waals surface area contributed by atoms with Gasteiger partial charge in [0.1, 0.15) is 6.17 Å². The maximum absolute atomic E-state index is 2.57. The van der Waals surface area contributed by atoms with E-state index in [1.807, 2.05) is 0 Å². The second kappa shape index (κ2) is 6.79. The molecule has 0 bridgehead atoms. The molecule has 2 nitrogen and oxygen atoms in total. The van der Waals surface area contributed by atoms with Gasteiger partial charge in [0.2, 0.25) is 0 Å². The Hall–Kier alpha value is -2.48. The van der Waals surface area contributed by atoms with E-state index < -0.39 is 0 Å². The first kappa shape index (κ1) is 16.0. The summed E-state index contributed by atoms with van der Waals surface area (Å²) in [5.74, 6) is 0. The molecule has 1 unspecified atom stereocenters. The van der Waals surface area contributed by atoms with Crippen molar-refractivity contribution in [2.24, 2.45) is 0 Å². The molecule has 25 heavy (non-hydrogen) atoms. The second-order valence-electron chi connectivity index (χ2n) is 6.75. The quantitative estimate of drug-likeness (QED) is 0.696. The van der Waals surface area contributed by atoms with Gasteiger partial charge in [-0.3, -0.25) is 0 Å². The molecular weight excluding hydrogens is 304 g/mol. The third-order valence-electron chi connectivity index (χ3n) is 5.40. The van der Waals surface area contributed by atoms with E-state index in [1.165, 1.54) is 28.2 Å². The molecular formula is C23H26N2. The van der Waals surface area contributed by atoms with Crippen LogP contribution in [-0.4, -0.2) is 12.7 Å². The van der Waals surface area contributed by atoms with Crippen molar-refractivity contribution in [1.82, 2.24) is 0 Å². The van der Waals surface area contributed by atoms with E-state index in [0.29, 0.717) is 6.17 Å². The fourth-order valence-electron chi connectivity index (χ4n) is 4.22. The molecule has 1 heterocycles. The van der Waals surface area contributed by atoms with Gasteiger partial charge in [-0.1, -0.05) is 55.5 Å². The molecule has 0 saturated carbocycles. The van der Waals surface area contributed by atoms with Crippen molar-refractivity contribution in [1.29, 1.82) is 0 Å². The topological polar surface area (TPSA) is 6.48 Å². The SMILES string of the molecule is CCC1N(CC)c2ccccc2N1C1=CC=C(c2ccccc2)CC1. The Bertz CT molecular complexity index is 804. The third kappa shape index (κ3) is 2.76. The highest BCUT2D eigenvalue weighted by Gasteiger charge is 2.35. The van der Waals surface area contributed by atoms with Crippen LogP contribution in [0.15, 0.2) is 72.4 Å². The van der Waals surface area contributed by atoms with Crippen LogP contribution in [0, 0.1) is 0 Å². The summed E-state index contributed by atoms with van der Waals surface area (Å²) in [7, 11) is 0. The molecule has 0 N–H and O–H groups in total. The molecule has 2 aliphatic rings. The average molecular weight is 330 g/mol. The minimum atomic E-state index is 0.431. The van der Waals surface area contributed by atoms with Crippen LogP contribution in [0.3, 0.4) is 0 Å². The van der Waals surface area contributed by atoms with E-state index in [4.69, 9.17) is 0 Å². The highest BCUT2D eigenvalue weighted by Crippen LogP contribution is 2.44. The van der Waals surface area contributed by atoms with Crippen LogP contribution < -0.4 is 9.80 Å². The summed E-state index contributed by atoms with van der Waals surface area (Å²) in [6.07, 6.45) is 8.41. The number of fused-ring (bicyclic) bond motifs is 1. The van der Waals surface area contributed by atoms with Crippen molar-refractivity contribution in [3.8, 4) is 0 Å². The van der Waals surface area contributed by atoms with Gasteiger partial charge in [0.15, 0.2) is 0 Å². The van der Waals surface area contributed by atoms with Crippen molar-refractivity contribution in [2.45, 2.75) is 39.3 Å². The Kier molecular flexibility index (Phi) is 4.35. The maximum atomic E-state index is 2.57. The molecule has 2 heteroatoms. The van der Waals surface area contributed by atoms with E-state index in [-0.39, 0.29) is 0 Å². The molecule has 0 radical (unpaired) electrons. The molecule has 0 aromatic heterocycles. The minimum Gasteiger partial charge on any atom is -0.349 e. The lowest BCUT2D eigenvalue weighted by atomic mass is 9.95. The number of hydrogen-bond acceptors (Lipinski definition) is 2. The van der Waals surface area contributed by atoms with Crippen molar-refractivity contribution in [2.75, 3.05) is 16.3 Å². The van der Waals surface area contributed by atoms with Crippen LogP contribution in [0.25, 0.3) is 5.57 Å². The molecule has 0 fully saturated rings. The summed E-state index contributed by atoms with van der Waals surface area (Å²) in [6, 6.07) is 19.6. The molecule has 1 aliphatic heterocycles. The lowest BCUT2D eigenvalue weighted by molar-refractivity contribution is 0.594. The Morgan fingerprint density at radius 3 is 2.20 bits per heavy atom. The largest absolute Gasteiger partial charge is 0.349 e. The van der Waals surface area contributed by atoms with Gasteiger partial charge in [-0.15, -0.1) is 0 Å². The summed E-state index contributed by atoms with van der Waals surface area (Å²) in [4.78, 5) is 5.10. The van der Waals surface area contributed by atoms with E-state index in [1.54, 1.807) is 0 Å². The van der Waals surface area contributed by atoms with Gasteiger partial charge in [-0.2, -0.15) is 0 Å². The summed E-state index contributed by atoms with van der Waals surface area (Å²) in [5, 5.41) is 0. The zero-order valence-corrected chi connectivity index (χ0v) is 15.2. The number of hydrogen-bond donors (Lipinski definition) is 0. The molecule has 1 atom stereocenters. The van der Waals surface area contributed by atoms with Crippen LogP contribution in [0.4, 0.5) is 11.4 Å². The maximum Gasteiger partial charge on any atom is 0.106 e. The zero-order chi connectivity index (χ0) is 17.2. The first-order valence-electron chi connectivity index (χ1n) is 9.43. The Morgan fingerprint density at radius 1 is 0.840 bits per heavy atom. The van der Waals surface area contributed by atoms with E-state index >= 15 is 0 Å². The minimum absolute atomic E-state index is 0.431. The fraction of sp³-hybridized carbons (Fsp3) is 0.304. The normalized spacial score (nSPS) is 19.5. The van der Waals surface area contributed by atoms with Crippen molar-refractivity contribution in [3.63, 3.8) is 0 Å². The van der Waals surface area contributed by atoms with Gasteiger partial charge in [0.05, 0.1) is 11.4 Å². The van der Waals surface area contributed by atoms with Crippen LogP contribution in [0.2, 0.25) is 0 Å². The average Bonchev–Trinajstić information content (AvgIpc) is 3.02. The van der Waals surface area contributed by atoms with Gasteiger partial charge in [0, 0.05) is 12.2 Å². The highest BCUT2D eigenvalue weighted by molar-refractivity contribution is 5.80. The lowest BCUT2D eigenvalue weighted by Gasteiger charge is -2.34. The van der Waals surface area contributed by atoms with Crippen molar-refractivity contribution < 1.29 is 0 Å². The number of anilines is 2. The van der Waals surface area contributed by atoms with E-state index in [2.05, 4.69) is 90.4 Å². The monoisotopic (exact) mass is 330 g/mol. The van der Waals surface area contributed by atoms with Gasteiger partial charge in [-0.05, 0) is 55.5 Å². The van der Waals surface area contributed by atoms with Crippen LogP contribution in [0.5, 0.6) is 0 Å². The molecule has 0 spiro atoms. The summed E-state index contributed by atoms with van der Waals surface area (Å²) >= 11 is 0. The van der Waals surface area contributed by atoms with E-state index in [9.17, 15) is 0 Å². The first-order chi connectivity index (χ1) is 12.3. The predicted octanol–water partition coefficient (Wildman–Crippen LogP) is 5.83. The smallest absolute Gasteiger partial charge is 0.106 e.